The Bertz CT molecular complexity index is 635. The number of rotatable bonds is 11. The van der Waals surface area contributed by atoms with Gasteiger partial charge in [0.2, 0.25) is 17.6 Å². The number of methoxy groups -OCH3 is 3. The molecule has 0 aliphatic heterocycles. The Balaban J connectivity index is 2.69. The fourth-order valence-electron chi connectivity index (χ4n) is 2.63. The topological polar surface area (TPSA) is 68.3 Å². The molecule has 0 atom stereocenters. The predicted molar refractivity (Wildman–Crippen MR) is 108 cm³/mol. The third kappa shape index (κ3) is 6.23. The molecule has 7 nitrogen and oxygen atoms in total. The van der Waals surface area contributed by atoms with Crippen LogP contribution in [0.4, 0.5) is 0 Å². The van der Waals surface area contributed by atoms with Crippen LogP contribution in [0.15, 0.2) is 12.1 Å². The van der Waals surface area contributed by atoms with E-state index in [1.165, 1.54) is 11.8 Å². The van der Waals surface area contributed by atoms with Crippen molar-refractivity contribution in [2.45, 2.75) is 20.4 Å². The van der Waals surface area contributed by atoms with Crippen molar-refractivity contribution in [1.29, 1.82) is 0 Å². The number of nitrogens with zero attached hydrogens (tertiary/aromatic N) is 2. The van der Waals surface area contributed by atoms with Crippen molar-refractivity contribution >= 4 is 23.6 Å². The molecule has 152 valence electrons. The van der Waals surface area contributed by atoms with Crippen molar-refractivity contribution in [3.63, 3.8) is 0 Å². The molecular weight excluding hydrogens is 368 g/mol. The van der Waals surface area contributed by atoms with Gasteiger partial charge in [-0.1, -0.05) is 0 Å². The molecule has 0 saturated heterocycles. The molecule has 0 N–H and O–H groups in total. The lowest BCUT2D eigenvalue weighted by Crippen LogP contribution is -2.33. The lowest BCUT2D eigenvalue weighted by Gasteiger charge is -2.21. The van der Waals surface area contributed by atoms with Gasteiger partial charge in [0.1, 0.15) is 0 Å². The van der Waals surface area contributed by atoms with E-state index in [1.54, 1.807) is 44.2 Å². The number of ether oxygens (including phenoxy) is 3. The normalized spacial score (nSPS) is 10.3. The van der Waals surface area contributed by atoms with Crippen LogP contribution >= 0.6 is 11.8 Å². The second-order valence-electron chi connectivity index (χ2n) is 5.80. The number of thioether (sulfide) groups is 1. The van der Waals surface area contributed by atoms with Gasteiger partial charge in [0, 0.05) is 32.2 Å². The zero-order valence-electron chi connectivity index (χ0n) is 17.0. The summed E-state index contributed by atoms with van der Waals surface area (Å²) in [6, 6.07) is 3.63. The predicted octanol–water partition coefficient (Wildman–Crippen LogP) is 2.27. The SMILES string of the molecule is CCN(CC)C(=O)CSCC(=O)N(C)Cc1ccc(OC)c(OC)c1OC. The molecule has 0 aliphatic carbocycles. The molecule has 0 bridgehead atoms. The summed E-state index contributed by atoms with van der Waals surface area (Å²) in [5, 5.41) is 0. The lowest BCUT2D eigenvalue weighted by molar-refractivity contribution is -0.128. The summed E-state index contributed by atoms with van der Waals surface area (Å²) >= 11 is 1.33. The Kier molecular flexibility index (Phi) is 9.85. The Morgan fingerprint density at radius 2 is 1.52 bits per heavy atom. The van der Waals surface area contributed by atoms with Gasteiger partial charge in [-0.3, -0.25) is 9.59 Å². The largest absolute Gasteiger partial charge is 0.493 e. The van der Waals surface area contributed by atoms with Gasteiger partial charge in [0.15, 0.2) is 11.5 Å². The average molecular weight is 399 g/mol. The fourth-order valence-corrected chi connectivity index (χ4v) is 3.49. The maximum absolute atomic E-state index is 12.4. The molecular formula is C19H30N2O5S. The van der Waals surface area contributed by atoms with E-state index in [-0.39, 0.29) is 17.6 Å². The van der Waals surface area contributed by atoms with E-state index in [2.05, 4.69) is 0 Å². The van der Waals surface area contributed by atoms with Crippen LogP contribution in [-0.4, -0.2) is 74.6 Å². The van der Waals surface area contributed by atoms with Gasteiger partial charge < -0.3 is 24.0 Å². The first kappa shape index (κ1) is 23.0. The van der Waals surface area contributed by atoms with Gasteiger partial charge in [-0.15, -0.1) is 11.8 Å². The lowest BCUT2D eigenvalue weighted by atomic mass is 10.1. The van der Waals surface area contributed by atoms with E-state index in [0.29, 0.717) is 42.6 Å². The molecule has 0 spiro atoms. The van der Waals surface area contributed by atoms with Crippen LogP contribution in [0.25, 0.3) is 0 Å². The van der Waals surface area contributed by atoms with Crippen LogP contribution in [0.5, 0.6) is 17.2 Å². The van der Waals surface area contributed by atoms with Crippen molar-refractivity contribution in [3.8, 4) is 17.2 Å². The minimum absolute atomic E-state index is 0.0517. The molecule has 0 fully saturated rings. The number of carbonyl (C=O) groups excluding carboxylic acids is 2. The van der Waals surface area contributed by atoms with Gasteiger partial charge in [-0.25, -0.2) is 0 Å². The molecule has 8 heteroatoms. The summed E-state index contributed by atoms with van der Waals surface area (Å²) in [6.45, 7) is 5.63. The van der Waals surface area contributed by atoms with E-state index in [1.807, 2.05) is 19.9 Å². The molecule has 1 aromatic carbocycles. The van der Waals surface area contributed by atoms with Crippen LogP contribution in [0.1, 0.15) is 19.4 Å². The summed E-state index contributed by atoms with van der Waals surface area (Å²) in [5.74, 6) is 2.17. The van der Waals surface area contributed by atoms with E-state index in [9.17, 15) is 9.59 Å². The Labute approximate surface area is 165 Å². The molecule has 0 saturated carbocycles. The van der Waals surface area contributed by atoms with Crippen LogP contribution in [0.3, 0.4) is 0 Å². The van der Waals surface area contributed by atoms with E-state index in [0.717, 1.165) is 5.56 Å². The first-order valence-corrected chi connectivity index (χ1v) is 9.96. The summed E-state index contributed by atoms with van der Waals surface area (Å²) < 4.78 is 16.1. The van der Waals surface area contributed by atoms with E-state index in [4.69, 9.17) is 14.2 Å². The second kappa shape index (κ2) is 11.6. The van der Waals surface area contributed by atoms with Crippen molar-refractivity contribution in [2.24, 2.45) is 0 Å². The molecule has 2 amide bonds. The standard InChI is InChI=1S/C19H30N2O5S/c1-7-21(8-2)17(23)13-27-12-16(22)20(3)11-14-9-10-15(24-4)19(26-6)18(14)25-5/h9-10H,7-8,11-13H2,1-6H3. The van der Waals surface area contributed by atoms with Crippen molar-refractivity contribution in [3.05, 3.63) is 17.7 Å². The maximum Gasteiger partial charge on any atom is 0.232 e. The van der Waals surface area contributed by atoms with Gasteiger partial charge >= 0.3 is 0 Å². The minimum atomic E-state index is -0.0517. The maximum atomic E-state index is 12.4. The van der Waals surface area contributed by atoms with E-state index >= 15 is 0 Å². The van der Waals surface area contributed by atoms with Gasteiger partial charge in [0.25, 0.3) is 0 Å². The van der Waals surface area contributed by atoms with Crippen molar-refractivity contribution in [1.82, 2.24) is 9.80 Å². The highest BCUT2D eigenvalue weighted by Gasteiger charge is 2.19. The molecule has 0 unspecified atom stereocenters. The van der Waals surface area contributed by atoms with E-state index < -0.39 is 0 Å². The second-order valence-corrected chi connectivity index (χ2v) is 6.79. The first-order chi connectivity index (χ1) is 12.9. The van der Waals surface area contributed by atoms with Crippen molar-refractivity contribution in [2.75, 3.05) is 53.0 Å². The zero-order valence-corrected chi connectivity index (χ0v) is 17.9. The highest BCUT2D eigenvalue weighted by Crippen LogP contribution is 2.40. The number of amides is 2. The van der Waals surface area contributed by atoms with Gasteiger partial charge in [-0.2, -0.15) is 0 Å². The summed E-state index contributed by atoms with van der Waals surface area (Å²) in [6.07, 6.45) is 0. The minimum Gasteiger partial charge on any atom is -0.493 e. The van der Waals surface area contributed by atoms with Gasteiger partial charge in [0.05, 0.1) is 32.8 Å². The highest BCUT2D eigenvalue weighted by atomic mass is 32.2. The average Bonchev–Trinajstić information content (AvgIpc) is 2.68. The van der Waals surface area contributed by atoms with Crippen LogP contribution in [0.2, 0.25) is 0 Å². The molecule has 1 rings (SSSR count). The van der Waals surface area contributed by atoms with Gasteiger partial charge in [-0.05, 0) is 26.0 Å². The molecule has 0 radical (unpaired) electrons. The Morgan fingerprint density at radius 3 is 2.04 bits per heavy atom. The smallest absolute Gasteiger partial charge is 0.232 e. The first-order valence-electron chi connectivity index (χ1n) is 8.80. The highest BCUT2D eigenvalue weighted by molar-refractivity contribution is 8.00. The van der Waals surface area contributed by atoms with Crippen LogP contribution < -0.4 is 14.2 Å². The number of carbonyl (C=O) groups is 2. The monoisotopic (exact) mass is 398 g/mol. The quantitative estimate of drug-likeness (QED) is 0.570. The molecule has 0 aliphatic rings. The molecule has 27 heavy (non-hydrogen) atoms. The third-order valence-electron chi connectivity index (χ3n) is 4.19. The molecule has 0 aromatic heterocycles. The number of benzene rings is 1. The fraction of sp³-hybridized carbons (Fsp3) is 0.579. The molecule has 0 heterocycles. The Morgan fingerprint density at radius 1 is 0.926 bits per heavy atom. The number of hydrogen-bond donors (Lipinski definition) is 0. The van der Waals surface area contributed by atoms with Crippen LogP contribution in [-0.2, 0) is 16.1 Å². The Hall–Kier alpha value is -2.09. The summed E-state index contributed by atoms with van der Waals surface area (Å²) in [5.41, 5.74) is 0.815. The van der Waals surface area contributed by atoms with Crippen molar-refractivity contribution < 1.29 is 23.8 Å². The summed E-state index contributed by atoms with van der Waals surface area (Å²) in [4.78, 5) is 27.8. The third-order valence-corrected chi connectivity index (χ3v) is 5.09. The van der Waals surface area contributed by atoms with Crippen LogP contribution in [0, 0.1) is 0 Å². The number of hydrogen-bond acceptors (Lipinski definition) is 6. The summed E-state index contributed by atoms with van der Waals surface area (Å²) in [7, 11) is 6.38. The zero-order chi connectivity index (χ0) is 20.4. The molecule has 1 aromatic rings.